The molecular weight excluding hydrogens is 542 g/mol. The maximum Gasteiger partial charge on any atom is 0.240 e. The Morgan fingerprint density at radius 1 is 1.02 bits per heavy atom. The van der Waals surface area contributed by atoms with E-state index in [0.29, 0.717) is 17.5 Å². The predicted octanol–water partition coefficient (Wildman–Crippen LogP) is 5.84. The van der Waals surface area contributed by atoms with Crippen molar-refractivity contribution in [2.24, 2.45) is 0 Å². The molecule has 2 aliphatic rings. The van der Waals surface area contributed by atoms with Crippen molar-refractivity contribution < 1.29 is 13.2 Å². The molecule has 0 bridgehead atoms. The van der Waals surface area contributed by atoms with Crippen LogP contribution in [0.15, 0.2) is 71.8 Å². The molecule has 0 amide bonds. The predicted molar refractivity (Wildman–Crippen MR) is 160 cm³/mol. The van der Waals surface area contributed by atoms with Crippen molar-refractivity contribution in [2.75, 3.05) is 31.6 Å². The van der Waals surface area contributed by atoms with Crippen molar-refractivity contribution in [1.82, 2.24) is 19.6 Å². The number of sulfonamides is 1. The average Bonchev–Trinajstić information content (AvgIpc) is 3.38. The number of nitrogens with zero attached hydrogens (tertiary/aromatic N) is 3. The number of rotatable bonds is 11. The number of nitrogens with one attached hydrogen (secondary N) is 2. The molecule has 6 rings (SSSR count). The van der Waals surface area contributed by atoms with E-state index in [0.717, 1.165) is 57.4 Å². The molecule has 2 N–H and O–H groups in total. The van der Waals surface area contributed by atoms with Crippen LogP contribution in [-0.4, -0.2) is 55.6 Å². The molecule has 2 aromatic heterocycles. The second-order valence-electron chi connectivity index (χ2n) is 10.4. The highest BCUT2D eigenvalue weighted by Crippen LogP contribution is 2.36. The SMILES string of the molecule is Cc1cnc(Nc2ccc(OCCN3CCCC3)cc2)nc1-c1ccc(-c2cccc(S(=O)(=O)NC3CC3)c2)s1. The van der Waals surface area contributed by atoms with Crippen LogP contribution in [0.1, 0.15) is 31.2 Å². The van der Waals surface area contributed by atoms with Gasteiger partial charge in [0.2, 0.25) is 16.0 Å². The largest absolute Gasteiger partial charge is 0.492 e. The van der Waals surface area contributed by atoms with Crippen LogP contribution in [0.5, 0.6) is 5.75 Å². The third-order valence-corrected chi connectivity index (χ3v) is 9.78. The lowest BCUT2D eigenvalue weighted by molar-refractivity contribution is 0.238. The fourth-order valence-electron chi connectivity index (χ4n) is 4.74. The second-order valence-corrected chi connectivity index (χ2v) is 13.2. The van der Waals surface area contributed by atoms with Crippen molar-refractivity contribution in [2.45, 2.75) is 43.5 Å². The Morgan fingerprint density at radius 3 is 2.58 bits per heavy atom. The molecule has 8 nitrogen and oxygen atoms in total. The van der Waals surface area contributed by atoms with Crippen LogP contribution < -0.4 is 14.8 Å². The quantitative estimate of drug-likeness (QED) is 0.232. The number of benzene rings is 2. The summed E-state index contributed by atoms with van der Waals surface area (Å²) in [6.45, 7) is 5.99. The van der Waals surface area contributed by atoms with Crippen molar-refractivity contribution in [3.8, 4) is 26.8 Å². The smallest absolute Gasteiger partial charge is 0.240 e. The molecule has 1 saturated carbocycles. The molecule has 1 saturated heterocycles. The van der Waals surface area contributed by atoms with E-state index in [9.17, 15) is 8.42 Å². The number of aryl methyl sites for hydroxylation is 1. The number of hydrogen-bond donors (Lipinski definition) is 2. The summed E-state index contributed by atoms with van der Waals surface area (Å²) in [6, 6.07) is 19.1. The van der Waals surface area contributed by atoms with Crippen molar-refractivity contribution in [3.05, 3.63) is 72.4 Å². The first-order valence-electron chi connectivity index (χ1n) is 13.7. The minimum absolute atomic E-state index is 0.0708. The molecule has 0 atom stereocenters. The molecule has 4 aromatic rings. The van der Waals surface area contributed by atoms with Crippen molar-refractivity contribution >= 4 is 33.0 Å². The molecule has 10 heteroatoms. The van der Waals surface area contributed by atoms with Crippen molar-refractivity contribution in [3.63, 3.8) is 0 Å². The third kappa shape index (κ3) is 6.52. The molecule has 0 spiro atoms. The van der Waals surface area contributed by atoms with Gasteiger partial charge in [0, 0.05) is 29.3 Å². The van der Waals surface area contributed by atoms with Gasteiger partial charge in [0.15, 0.2) is 0 Å². The summed E-state index contributed by atoms with van der Waals surface area (Å²) in [4.78, 5) is 14.0. The number of likely N-dealkylation sites (tertiary alicyclic amines) is 1. The highest BCUT2D eigenvalue weighted by atomic mass is 32.2. The van der Waals surface area contributed by atoms with Gasteiger partial charge in [-0.2, -0.15) is 0 Å². The third-order valence-electron chi connectivity index (χ3n) is 7.12. The highest BCUT2D eigenvalue weighted by molar-refractivity contribution is 7.89. The molecule has 208 valence electrons. The van der Waals surface area contributed by atoms with Crippen LogP contribution in [0.4, 0.5) is 11.6 Å². The minimum atomic E-state index is -3.51. The molecule has 1 aliphatic carbocycles. The second kappa shape index (κ2) is 11.7. The van der Waals surface area contributed by atoms with Crippen LogP contribution in [0.25, 0.3) is 21.0 Å². The van der Waals surface area contributed by atoms with Gasteiger partial charge >= 0.3 is 0 Å². The fourth-order valence-corrected chi connectivity index (χ4v) is 7.15. The average molecular weight is 576 g/mol. The summed E-state index contributed by atoms with van der Waals surface area (Å²) in [5.74, 6) is 1.36. The first-order valence-corrected chi connectivity index (χ1v) is 16.0. The molecule has 0 radical (unpaired) electrons. The summed E-state index contributed by atoms with van der Waals surface area (Å²) in [5.41, 5.74) is 3.55. The zero-order chi connectivity index (χ0) is 27.5. The molecule has 0 unspecified atom stereocenters. The van der Waals surface area contributed by atoms with E-state index in [1.165, 1.54) is 25.9 Å². The van der Waals surface area contributed by atoms with E-state index in [1.807, 2.05) is 55.6 Å². The van der Waals surface area contributed by atoms with E-state index in [4.69, 9.17) is 9.72 Å². The lowest BCUT2D eigenvalue weighted by atomic mass is 10.2. The normalized spacial score (nSPS) is 15.8. The fraction of sp³-hybridized carbons (Fsp3) is 0.333. The molecule has 1 aliphatic heterocycles. The van der Waals surface area contributed by atoms with Crippen LogP contribution in [0.3, 0.4) is 0 Å². The Morgan fingerprint density at radius 2 is 1.80 bits per heavy atom. The monoisotopic (exact) mass is 575 g/mol. The Bertz CT molecular complexity index is 1580. The van der Waals surface area contributed by atoms with Gasteiger partial charge in [0.05, 0.1) is 15.5 Å². The summed E-state index contributed by atoms with van der Waals surface area (Å²) >= 11 is 1.58. The number of ether oxygens (including phenoxy) is 1. The molecule has 40 heavy (non-hydrogen) atoms. The number of aromatic nitrogens is 2. The number of anilines is 2. The van der Waals surface area contributed by atoms with E-state index < -0.39 is 10.0 Å². The Balaban J connectivity index is 1.13. The van der Waals surface area contributed by atoms with E-state index in [2.05, 4.69) is 19.9 Å². The minimum Gasteiger partial charge on any atom is -0.492 e. The Hall–Kier alpha value is -3.31. The molecular formula is C30H33N5O3S2. The summed E-state index contributed by atoms with van der Waals surface area (Å²) in [5, 5.41) is 3.30. The number of hydrogen-bond acceptors (Lipinski definition) is 8. The zero-order valence-corrected chi connectivity index (χ0v) is 24.1. The van der Waals surface area contributed by atoms with Crippen LogP contribution >= 0.6 is 11.3 Å². The molecule has 2 aromatic carbocycles. The van der Waals surface area contributed by atoms with Gasteiger partial charge in [-0.25, -0.2) is 23.1 Å². The topological polar surface area (TPSA) is 96.5 Å². The molecule has 2 fully saturated rings. The summed E-state index contributed by atoms with van der Waals surface area (Å²) < 4.78 is 34.1. The highest BCUT2D eigenvalue weighted by Gasteiger charge is 2.28. The van der Waals surface area contributed by atoms with Gasteiger partial charge in [0.25, 0.3) is 0 Å². The van der Waals surface area contributed by atoms with Crippen LogP contribution in [-0.2, 0) is 10.0 Å². The molecule has 3 heterocycles. The van der Waals surface area contributed by atoms with Gasteiger partial charge in [-0.05, 0) is 105 Å². The van der Waals surface area contributed by atoms with Gasteiger partial charge in [-0.3, -0.25) is 4.90 Å². The van der Waals surface area contributed by atoms with Gasteiger partial charge in [0.1, 0.15) is 12.4 Å². The maximum absolute atomic E-state index is 12.7. The van der Waals surface area contributed by atoms with Crippen molar-refractivity contribution in [1.29, 1.82) is 0 Å². The Kier molecular flexibility index (Phi) is 7.84. The summed E-state index contributed by atoms with van der Waals surface area (Å²) in [6.07, 6.45) is 6.20. The van der Waals surface area contributed by atoms with Gasteiger partial charge < -0.3 is 10.1 Å². The van der Waals surface area contributed by atoms with E-state index >= 15 is 0 Å². The standard InChI is InChI=1S/C30H33N5O3S2/c1-21-20-31-30(32-23-9-11-25(12-10-23)38-18-17-35-15-2-3-16-35)33-29(21)28-14-13-27(39-28)22-5-4-6-26(19-22)40(36,37)34-24-7-8-24/h4-6,9-14,19-20,24,34H,2-3,7-8,15-18H2,1H3,(H,31,32,33). The first kappa shape index (κ1) is 26.9. The Labute approximate surface area is 239 Å². The van der Waals surface area contributed by atoms with Crippen LogP contribution in [0, 0.1) is 6.92 Å². The first-order chi connectivity index (χ1) is 19.4. The lowest BCUT2D eigenvalue weighted by Crippen LogP contribution is -2.25. The van der Waals surface area contributed by atoms with Crippen LogP contribution in [0.2, 0.25) is 0 Å². The zero-order valence-electron chi connectivity index (χ0n) is 22.5. The van der Waals surface area contributed by atoms with Gasteiger partial charge in [-0.1, -0.05) is 12.1 Å². The number of thiophene rings is 1. The van der Waals surface area contributed by atoms with Gasteiger partial charge in [-0.15, -0.1) is 11.3 Å². The lowest BCUT2D eigenvalue weighted by Gasteiger charge is -2.15. The van der Waals surface area contributed by atoms with E-state index in [1.54, 1.807) is 29.5 Å². The maximum atomic E-state index is 12.7. The summed E-state index contributed by atoms with van der Waals surface area (Å²) in [7, 11) is -3.51. The van der Waals surface area contributed by atoms with E-state index in [-0.39, 0.29) is 6.04 Å².